The Morgan fingerprint density at radius 3 is 2.84 bits per heavy atom. The average molecular weight is 423 g/mol. The van der Waals surface area contributed by atoms with E-state index in [2.05, 4.69) is 37.2 Å². The molecule has 132 valence electrons. The SMILES string of the molecule is O=C(NCC1CCN(Cc2cccnc2)CC1)c1cc(Br)ccc1Cl. The fourth-order valence-corrected chi connectivity index (χ4v) is 3.67. The number of carbonyl (C=O) groups excluding carboxylic acids is 1. The summed E-state index contributed by atoms with van der Waals surface area (Å²) in [7, 11) is 0. The molecule has 0 saturated carbocycles. The molecule has 0 unspecified atom stereocenters. The van der Waals surface area contributed by atoms with Gasteiger partial charge in [0, 0.05) is 30.0 Å². The average Bonchev–Trinajstić information content (AvgIpc) is 2.64. The Morgan fingerprint density at radius 2 is 2.12 bits per heavy atom. The van der Waals surface area contributed by atoms with Crippen LogP contribution >= 0.6 is 27.5 Å². The third kappa shape index (κ3) is 5.27. The van der Waals surface area contributed by atoms with Crippen molar-refractivity contribution in [3.05, 3.63) is 63.3 Å². The summed E-state index contributed by atoms with van der Waals surface area (Å²) in [5, 5.41) is 3.51. The van der Waals surface area contributed by atoms with E-state index in [1.807, 2.05) is 18.3 Å². The van der Waals surface area contributed by atoms with Gasteiger partial charge in [0.1, 0.15) is 0 Å². The molecule has 1 aromatic carbocycles. The summed E-state index contributed by atoms with van der Waals surface area (Å²) < 4.78 is 0.853. The number of hydrogen-bond acceptors (Lipinski definition) is 3. The molecule has 1 aliphatic rings. The van der Waals surface area contributed by atoms with Gasteiger partial charge in [-0.25, -0.2) is 0 Å². The smallest absolute Gasteiger partial charge is 0.252 e. The maximum absolute atomic E-state index is 12.3. The first-order valence-corrected chi connectivity index (χ1v) is 9.63. The van der Waals surface area contributed by atoms with E-state index in [0.717, 1.165) is 36.9 Å². The van der Waals surface area contributed by atoms with Crippen LogP contribution in [0.15, 0.2) is 47.2 Å². The summed E-state index contributed by atoms with van der Waals surface area (Å²) in [5.41, 5.74) is 1.77. The first kappa shape index (κ1) is 18.4. The number of likely N-dealkylation sites (tertiary alicyclic amines) is 1. The van der Waals surface area contributed by atoms with Gasteiger partial charge < -0.3 is 5.32 Å². The van der Waals surface area contributed by atoms with Crippen molar-refractivity contribution < 1.29 is 4.79 Å². The van der Waals surface area contributed by atoms with Crippen molar-refractivity contribution in [2.75, 3.05) is 19.6 Å². The minimum atomic E-state index is -0.107. The van der Waals surface area contributed by atoms with Gasteiger partial charge in [-0.15, -0.1) is 0 Å². The first-order valence-electron chi connectivity index (χ1n) is 8.46. The van der Waals surface area contributed by atoms with Gasteiger partial charge in [0.15, 0.2) is 0 Å². The second-order valence-electron chi connectivity index (χ2n) is 6.41. The van der Waals surface area contributed by atoms with E-state index in [4.69, 9.17) is 11.6 Å². The third-order valence-electron chi connectivity index (χ3n) is 4.56. The van der Waals surface area contributed by atoms with E-state index in [9.17, 15) is 4.79 Å². The Labute approximate surface area is 161 Å². The highest BCUT2D eigenvalue weighted by molar-refractivity contribution is 9.10. The molecule has 4 nitrogen and oxygen atoms in total. The van der Waals surface area contributed by atoms with E-state index in [0.29, 0.717) is 23.0 Å². The number of amides is 1. The van der Waals surface area contributed by atoms with Gasteiger partial charge in [0.05, 0.1) is 10.6 Å². The van der Waals surface area contributed by atoms with Crippen molar-refractivity contribution in [3.63, 3.8) is 0 Å². The Kier molecular flexibility index (Phi) is 6.45. The minimum Gasteiger partial charge on any atom is -0.352 e. The zero-order valence-corrected chi connectivity index (χ0v) is 16.3. The highest BCUT2D eigenvalue weighted by Gasteiger charge is 2.20. The maximum Gasteiger partial charge on any atom is 0.252 e. The molecule has 0 atom stereocenters. The van der Waals surface area contributed by atoms with E-state index >= 15 is 0 Å². The Bertz CT molecular complexity index is 718. The number of carbonyl (C=O) groups is 1. The van der Waals surface area contributed by atoms with Crippen LogP contribution in [0.5, 0.6) is 0 Å². The quantitative estimate of drug-likeness (QED) is 0.787. The lowest BCUT2D eigenvalue weighted by molar-refractivity contribution is 0.0935. The van der Waals surface area contributed by atoms with E-state index < -0.39 is 0 Å². The van der Waals surface area contributed by atoms with Gasteiger partial charge in [0.25, 0.3) is 5.91 Å². The molecule has 0 radical (unpaired) electrons. The topological polar surface area (TPSA) is 45.2 Å². The predicted molar refractivity (Wildman–Crippen MR) is 104 cm³/mol. The first-order chi connectivity index (χ1) is 12.1. The van der Waals surface area contributed by atoms with E-state index in [1.165, 1.54) is 5.56 Å². The molecule has 1 fully saturated rings. The van der Waals surface area contributed by atoms with Gasteiger partial charge in [-0.3, -0.25) is 14.7 Å². The predicted octanol–water partition coefficient (Wildman–Crippen LogP) is 4.14. The molecule has 25 heavy (non-hydrogen) atoms. The number of hydrogen-bond donors (Lipinski definition) is 1. The highest BCUT2D eigenvalue weighted by Crippen LogP contribution is 2.22. The van der Waals surface area contributed by atoms with E-state index in [-0.39, 0.29) is 5.91 Å². The van der Waals surface area contributed by atoms with Gasteiger partial charge >= 0.3 is 0 Å². The van der Waals surface area contributed by atoms with E-state index in [1.54, 1.807) is 18.3 Å². The summed E-state index contributed by atoms with van der Waals surface area (Å²) in [6, 6.07) is 9.41. The Balaban J connectivity index is 1.45. The molecule has 2 heterocycles. The number of pyridine rings is 1. The summed E-state index contributed by atoms with van der Waals surface area (Å²) in [6.07, 6.45) is 5.91. The third-order valence-corrected chi connectivity index (χ3v) is 5.38. The molecule has 0 spiro atoms. The number of piperidine rings is 1. The molecule has 2 aromatic rings. The number of nitrogens with zero attached hydrogens (tertiary/aromatic N) is 2. The number of aromatic nitrogens is 1. The Hall–Kier alpha value is -1.43. The molecular weight excluding hydrogens is 402 g/mol. The largest absolute Gasteiger partial charge is 0.352 e. The molecule has 3 rings (SSSR count). The fraction of sp³-hybridized carbons (Fsp3) is 0.368. The van der Waals surface area contributed by atoms with Gasteiger partial charge in [-0.1, -0.05) is 33.6 Å². The minimum absolute atomic E-state index is 0.107. The van der Waals surface area contributed by atoms with Crippen LogP contribution in [0, 0.1) is 5.92 Å². The standard InChI is InChI=1S/C19H21BrClN3O/c20-16-3-4-18(21)17(10-16)19(25)23-12-14-5-8-24(9-6-14)13-15-2-1-7-22-11-15/h1-4,7,10-11,14H,5-6,8-9,12-13H2,(H,23,25). The van der Waals surface area contributed by atoms with Crippen LogP contribution in [0.2, 0.25) is 5.02 Å². The molecule has 6 heteroatoms. The molecule has 1 aromatic heterocycles. The van der Waals surface area contributed by atoms with Crippen LogP contribution in [0.4, 0.5) is 0 Å². The number of nitrogens with one attached hydrogen (secondary N) is 1. The van der Waals surface area contributed by atoms with Crippen LogP contribution < -0.4 is 5.32 Å². The molecule has 1 amide bonds. The summed E-state index contributed by atoms with van der Waals surface area (Å²) in [5.74, 6) is 0.407. The van der Waals surface area contributed by atoms with Crippen LogP contribution in [-0.2, 0) is 6.54 Å². The second kappa shape index (κ2) is 8.79. The van der Waals surface area contributed by atoms with Crippen LogP contribution in [0.25, 0.3) is 0 Å². The summed E-state index contributed by atoms with van der Waals surface area (Å²) in [6.45, 7) is 3.74. The molecule has 0 bridgehead atoms. The maximum atomic E-state index is 12.3. The van der Waals surface area contributed by atoms with Crippen molar-refractivity contribution in [2.45, 2.75) is 19.4 Å². The van der Waals surface area contributed by atoms with Gasteiger partial charge in [-0.05, 0) is 61.7 Å². The van der Waals surface area contributed by atoms with Crippen molar-refractivity contribution in [2.24, 2.45) is 5.92 Å². The second-order valence-corrected chi connectivity index (χ2v) is 7.74. The lowest BCUT2D eigenvalue weighted by Crippen LogP contribution is -2.38. The molecule has 1 aliphatic heterocycles. The number of benzene rings is 1. The number of halogens is 2. The zero-order valence-electron chi connectivity index (χ0n) is 13.9. The van der Waals surface area contributed by atoms with Crippen LogP contribution in [-0.4, -0.2) is 35.4 Å². The fourth-order valence-electron chi connectivity index (χ4n) is 3.10. The molecule has 0 aliphatic carbocycles. The van der Waals surface area contributed by atoms with Crippen molar-refractivity contribution in [1.82, 2.24) is 15.2 Å². The van der Waals surface area contributed by atoms with Gasteiger partial charge in [0.2, 0.25) is 0 Å². The van der Waals surface area contributed by atoms with Crippen molar-refractivity contribution in [3.8, 4) is 0 Å². The van der Waals surface area contributed by atoms with Crippen LogP contribution in [0.1, 0.15) is 28.8 Å². The summed E-state index contributed by atoms with van der Waals surface area (Å²) >= 11 is 9.49. The molecular formula is C19H21BrClN3O. The highest BCUT2D eigenvalue weighted by atomic mass is 79.9. The Morgan fingerprint density at radius 1 is 1.32 bits per heavy atom. The lowest BCUT2D eigenvalue weighted by atomic mass is 9.96. The lowest BCUT2D eigenvalue weighted by Gasteiger charge is -2.32. The molecule has 1 saturated heterocycles. The summed E-state index contributed by atoms with van der Waals surface area (Å²) in [4.78, 5) is 18.9. The monoisotopic (exact) mass is 421 g/mol. The molecule has 1 N–H and O–H groups in total. The van der Waals surface area contributed by atoms with Crippen LogP contribution in [0.3, 0.4) is 0 Å². The number of rotatable bonds is 5. The van der Waals surface area contributed by atoms with Gasteiger partial charge in [-0.2, -0.15) is 0 Å². The zero-order chi connectivity index (χ0) is 17.6. The van der Waals surface area contributed by atoms with Crippen molar-refractivity contribution >= 4 is 33.4 Å². The normalized spacial score (nSPS) is 15.9. The van der Waals surface area contributed by atoms with Crippen molar-refractivity contribution in [1.29, 1.82) is 0 Å².